The van der Waals surface area contributed by atoms with Crippen LogP contribution in [0.4, 0.5) is 0 Å². The largest absolute Gasteiger partial charge is 0.351 e. The number of nitrogens with one attached hydrogen (secondary N) is 2. The molecule has 1 aliphatic carbocycles. The number of nitrogens with zero attached hydrogens (tertiary/aromatic N) is 2. The lowest BCUT2D eigenvalue weighted by molar-refractivity contribution is -0.147. The van der Waals surface area contributed by atoms with Crippen LogP contribution in [-0.4, -0.2) is 70.7 Å². The van der Waals surface area contributed by atoms with E-state index in [-0.39, 0.29) is 41.6 Å². The lowest BCUT2D eigenvalue weighted by Gasteiger charge is -2.32. The Kier molecular flexibility index (Phi) is 5.92. The van der Waals surface area contributed by atoms with Crippen LogP contribution in [0.2, 0.25) is 0 Å². The Morgan fingerprint density at radius 1 is 1.16 bits per heavy atom. The standard InChI is InChI=1S/C23H30N4O4S/c28-19(12-16-7-4-10-32-16)24-15-11-18-21(29)25-17-8-9-26(20(17)23(31)27(18)13-15)22(30)14-5-2-1-3-6-14/h4,7,10,14-15,17-18,20H,1-3,5-6,8-9,11-13H2,(H,24,28)(H,25,29). The maximum atomic E-state index is 13.6. The molecule has 4 unspecified atom stereocenters. The van der Waals surface area contributed by atoms with Crippen LogP contribution in [0.3, 0.4) is 0 Å². The topological polar surface area (TPSA) is 98.8 Å². The second kappa shape index (κ2) is 8.84. The first-order valence-corrected chi connectivity index (χ1v) is 12.6. The number of fused-ring (bicyclic) bond motifs is 2. The van der Waals surface area contributed by atoms with Gasteiger partial charge in [-0.2, -0.15) is 0 Å². The third-order valence-corrected chi connectivity index (χ3v) is 8.26. The number of hydrogen-bond acceptors (Lipinski definition) is 5. The van der Waals surface area contributed by atoms with E-state index in [9.17, 15) is 19.2 Å². The van der Waals surface area contributed by atoms with Gasteiger partial charge in [0.15, 0.2) is 0 Å². The third-order valence-electron chi connectivity index (χ3n) is 7.38. The van der Waals surface area contributed by atoms with Gasteiger partial charge < -0.3 is 20.4 Å². The Morgan fingerprint density at radius 3 is 2.72 bits per heavy atom. The number of likely N-dealkylation sites (tertiary alicyclic amines) is 1. The minimum absolute atomic E-state index is 0.00656. The van der Waals surface area contributed by atoms with E-state index in [0.29, 0.717) is 32.4 Å². The monoisotopic (exact) mass is 458 g/mol. The van der Waals surface area contributed by atoms with Gasteiger partial charge in [-0.3, -0.25) is 19.2 Å². The molecule has 0 spiro atoms. The summed E-state index contributed by atoms with van der Waals surface area (Å²) < 4.78 is 0. The van der Waals surface area contributed by atoms with Crippen molar-refractivity contribution in [2.24, 2.45) is 5.92 Å². The van der Waals surface area contributed by atoms with Gasteiger partial charge in [-0.05, 0) is 37.1 Å². The third kappa shape index (κ3) is 4.02. The summed E-state index contributed by atoms with van der Waals surface area (Å²) >= 11 is 1.53. The molecular formula is C23H30N4O4S. The first-order chi connectivity index (χ1) is 15.5. The molecule has 8 nitrogen and oxygen atoms in total. The van der Waals surface area contributed by atoms with E-state index in [1.54, 1.807) is 9.80 Å². The number of carbonyl (C=O) groups excluding carboxylic acids is 4. The fourth-order valence-electron chi connectivity index (χ4n) is 5.81. The van der Waals surface area contributed by atoms with Crippen LogP contribution >= 0.6 is 11.3 Å². The first kappa shape index (κ1) is 21.4. The van der Waals surface area contributed by atoms with Crippen LogP contribution in [-0.2, 0) is 25.6 Å². The minimum Gasteiger partial charge on any atom is -0.351 e. The van der Waals surface area contributed by atoms with Gasteiger partial charge in [-0.25, -0.2) is 0 Å². The Bertz CT molecular complexity index is 898. The zero-order valence-electron chi connectivity index (χ0n) is 18.1. The molecule has 0 bridgehead atoms. The molecule has 4 fully saturated rings. The molecule has 32 heavy (non-hydrogen) atoms. The SMILES string of the molecule is O=C(Cc1cccs1)NC1CC2C(=O)NC3CCN(C(=O)C4CCCCC4)C3C(=O)N2C1. The molecule has 5 rings (SSSR count). The van der Waals surface area contributed by atoms with E-state index >= 15 is 0 Å². The number of hydrogen-bond donors (Lipinski definition) is 2. The molecule has 4 amide bonds. The zero-order chi connectivity index (χ0) is 22.2. The van der Waals surface area contributed by atoms with E-state index < -0.39 is 12.1 Å². The Balaban J connectivity index is 1.28. The summed E-state index contributed by atoms with van der Waals surface area (Å²) in [4.78, 5) is 56.5. The zero-order valence-corrected chi connectivity index (χ0v) is 18.9. The van der Waals surface area contributed by atoms with Gasteiger partial charge in [0.1, 0.15) is 12.1 Å². The van der Waals surface area contributed by atoms with Crippen LogP contribution < -0.4 is 10.6 Å². The highest BCUT2D eigenvalue weighted by molar-refractivity contribution is 7.10. The highest BCUT2D eigenvalue weighted by Gasteiger charge is 2.52. The fraction of sp³-hybridized carbons (Fsp3) is 0.652. The second-order valence-electron chi connectivity index (χ2n) is 9.48. The smallest absolute Gasteiger partial charge is 0.248 e. The Labute approximate surface area is 191 Å². The molecule has 0 radical (unpaired) electrons. The highest BCUT2D eigenvalue weighted by atomic mass is 32.1. The van der Waals surface area contributed by atoms with Gasteiger partial charge in [-0.15, -0.1) is 11.3 Å². The van der Waals surface area contributed by atoms with Crippen molar-refractivity contribution in [3.05, 3.63) is 22.4 Å². The molecular weight excluding hydrogens is 428 g/mol. The lowest BCUT2D eigenvalue weighted by atomic mass is 9.88. The number of thiophene rings is 1. The number of carbonyl (C=O) groups is 4. The van der Waals surface area contributed by atoms with E-state index in [1.165, 1.54) is 17.8 Å². The van der Waals surface area contributed by atoms with Gasteiger partial charge in [0.25, 0.3) is 0 Å². The number of rotatable bonds is 4. The van der Waals surface area contributed by atoms with Crippen molar-refractivity contribution in [1.82, 2.24) is 20.4 Å². The van der Waals surface area contributed by atoms with E-state index in [1.807, 2.05) is 17.5 Å². The molecule has 3 aliphatic heterocycles. The molecule has 1 aromatic rings. The molecule has 4 aliphatic rings. The van der Waals surface area contributed by atoms with Gasteiger partial charge in [0.05, 0.1) is 12.5 Å². The summed E-state index contributed by atoms with van der Waals surface area (Å²) in [5.74, 6) is -0.371. The quantitative estimate of drug-likeness (QED) is 0.705. The predicted molar refractivity (Wildman–Crippen MR) is 119 cm³/mol. The van der Waals surface area contributed by atoms with Crippen LogP contribution in [0, 0.1) is 5.92 Å². The van der Waals surface area contributed by atoms with Crippen molar-refractivity contribution >= 4 is 35.0 Å². The summed E-state index contributed by atoms with van der Waals surface area (Å²) in [7, 11) is 0. The number of amides is 4. The first-order valence-electron chi connectivity index (χ1n) is 11.7. The van der Waals surface area contributed by atoms with Crippen molar-refractivity contribution in [2.75, 3.05) is 13.1 Å². The van der Waals surface area contributed by atoms with Crippen molar-refractivity contribution < 1.29 is 19.2 Å². The van der Waals surface area contributed by atoms with Crippen LogP contribution in [0.5, 0.6) is 0 Å². The summed E-state index contributed by atoms with van der Waals surface area (Å²) in [6.45, 7) is 0.817. The lowest BCUT2D eigenvalue weighted by Crippen LogP contribution is -2.53. The Morgan fingerprint density at radius 2 is 1.97 bits per heavy atom. The van der Waals surface area contributed by atoms with Crippen LogP contribution in [0.15, 0.2) is 17.5 Å². The summed E-state index contributed by atoms with van der Waals surface area (Å²) in [5.41, 5.74) is 0. The molecule has 172 valence electrons. The average molecular weight is 459 g/mol. The van der Waals surface area contributed by atoms with E-state index in [4.69, 9.17) is 0 Å². The van der Waals surface area contributed by atoms with Gasteiger partial charge in [0.2, 0.25) is 23.6 Å². The van der Waals surface area contributed by atoms with E-state index in [2.05, 4.69) is 10.6 Å². The highest BCUT2D eigenvalue weighted by Crippen LogP contribution is 2.32. The predicted octanol–water partition coefficient (Wildman–Crippen LogP) is 1.06. The van der Waals surface area contributed by atoms with Crippen molar-refractivity contribution in [3.8, 4) is 0 Å². The van der Waals surface area contributed by atoms with E-state index in [0.717, 1.165) is 30.6 Å². The van der Waals surface area contributed by atoms with Crippen molar-refractivity contribution in [2.45, 2.75) is 75.5 Å². The summed E-state index contributed by atoms with van der Waals surface area (Å²) in [6.07, 6.45) is 6.38. The van der Waals surface area contributed by atoms with Gasteiger partial charge >= 0.3 is 0 Å². The summed E-state index contributed by atoms with van der Waals surface area (Å²) in [5, 5.41) is 7.96. The molecule has 1 saturated carbocycles. The normalized spacial score (nSPS) is 30.5. The molecule has 1 aromatic heterocycles. The maximum Gasteiger partial charge on any atom is 0.248 e. The molecule has 9 heteroatoms. The fourth-order valence-corrected chi connectivity index (χ4v) is 6.52. The van der Waals surface area contributed by atoms with Gasteiger partial charge in [0, 0.05) is 29.9 Å². The molecule has 4 atom stereocenters. The van der Waals surface area contributed by atoms with Crippen molar-refractivity contribution in [1.29, 1.82) is 0 Å². The van der Waals surface area contributed by atoms with Crippen LogP contribution in [0.1, 0.15) is 49.8 Å². The molecule has 4 heterocycles. The van der Waals surface area contributed by atoms with Crippen molar-refractivity contribution in [3.63, 3.8) is 0 Å². The van der Waals surface area contributed by atoms with Gasteiger partial charge in [-0.1, -0.05) is 25.3 Å². The molecule has 2 N–H and O–H groups in total. The Hall–Kier alpha value is -2.42. The van der Waals surface area contributed by atoms with Crippen LogP contribution in [0.25, 0.3) is 0 Å². The molecule has 0 aromatic carbocycles. The minimum atomic E-state index is -0.626. The average Bonchev–Trinajstić information content (AvgIpc) is 3.52. The maximum absolute atomic E-state index is 13.6. The molecule has 3 saturated heterocycles. The summed E-state index contributed by atoms with van der Waals surface area (Å²) in [6, 6.07) is 2.03. The second-order valence-corrected chi connectivity index (χ2v) is 10.5.